The van der Waals surface area contributed by atoms with Gasteiger partial charge in [0.25, 0.3) is 5.91 Å². The number of rotatable bonds is 4. The second-order valence-corrected chi connectivity index (χ2v) is 6.70. The molecule has 1 fully saturated rings. The number of nitrogens with one attached hydrogen (secondary N) is 1. The van der Waals surface area contributed by atoms with Crippen LogP contribution in [0.2, 0.25) is 0 Å². The van der Waals surface area contributed by atoms with Crippen molar-refractivity contribution in [2.45, 2.75) is 44.8 Å². The summed E-state index contributed by atoms with van der Waals surface area (Å²) in [6.45, 7) is 2.23. The first-order valence-electron chi connectivity index (χ1n) is 8.91. The molecule has 1 saturated carbocycles. The molecule has 1 aliphatic rings. The summed E-state index contributed by atoms with van der Waals surface area (Å²) in [7, 11) is 0. The van der Waals surface area contributed by atoms with Gasteiger partial charge in [0, 0.05) is 6.04 Å². The number of benzene rings is 2. The highest BCUT2D eigenvalue weighted by Gasteiger charge is 2.42. The minimum absolute atomic E-state index is 0.0627. The van der Waals surface area contributed by atoms with E-state index in [2.05, 4.69) is 5.32 Å². The smallest absolute Gasteiger partial charge is 0.391 e. The monoisotopic (exact) mass is 365 g/mol. The van der Waals surface area contributed by atoms with Crippen LogP contribution in [0.25, 0.3) is 10.8 Å². The van der Waals surface area contributed by atoms with Gasteiger partial charge in [-0.2, -0.15) is 13.2 Å². The molecule has 0 aromatic heterocycles. The van der Waals surface area contributed by atoms with E-state index in [1.54, 1.807) is 12.1 Å². The summed E-state index contributed by atoms with van der Waals surface area (Å²) in [6.07, 6.45) is -3.10. The number of halogens is 3. The van der Waals surface area contributed by atoms with Crippen LogP contribution in [0, 0.1) is 5.92 Å². The van der Waals surface area contributed by atoms with Crippen LogP contribution in [0.5, 0.6) is 5.75 Å². The van der Waals surface area contributed by atoms with Crippen LogP contribution in [-0.2, 0) is 0 Å². The van der Waals surface area contributed by atoms with Crippen molar-refractivity contribution in [2.24, 2.45) is 5.92 Å². The van der Waals surface area contributed by atoms with Gasteiger partial charge in [-0.1, -0.05) is 30.7 Å². The lowest BCUT2D eigenvalue weighted by molar-refractivity contribution is -0.183. The Bertz CT molecular complexity index is 788. The number of carbonyl (C=O) groups is 1. The molecule has 1 amide bonds. The fraction of sp³-hybridized carbons (Fsp3) is 0.450. The van der Waals surface area contributed by atoms with Crippen LogP contribution in [0.4, 0.5) is 13.2 Å². The number of hydrogen-bond donors (Lipinski definition) is 1. The second kappa shape index (κ2) is 7.56. The van der Waals surface area contributed by atoms with E-state index in [1.165, 1.54) is 0 Å². The standard InChI is InChI=1S/C20H22F3NO2/c1-2-26-18-11-14-7-4-3-6-13(14)10-17(18)19(25)24-16-9-5-8-15(12-16)20(21,22)23/h3-4,6-7,10-11,15-16H,2,5,8-9,12H2,1H3,(H,24,25). The van der Waals surface area contributed by atoms with Crippen molar-refractivity contribution in [1.29, 1.82) is 0 Å². The maximum absolute atomic E-state index is 13.0. The van der Waals surface area contributed by atoms with Gasteiger partial charge in [-0.05, 0) is 49.1 Å². The fourth-order valence-corrected chi connectivity index (χ4v) is 3.55. The van der Waals surface area contributed by atoms with Crippen molar-refractivity contribution in [2.75, 3.05) is 6.61 Å². The Kier molecular flexibility index (Phi) is 5.39. The predicted octanol–water partition coefficient (Wildman–Crippen LogP) is 5.09. The SMILES string of the molecule is CCOc1cc2ccccc2cc1C(=O)NC1CCCC(C(F)(F)F)C1. The first-order valence-corrected chi connectivity index (χ1v) is 8.91. The highest BCUT2D eigenvalue weighted by atomic mass is 19.4. The Morgan fingerprint density at radius 2 is 1.88 bits per heavy atom. The molecule has 0 spiro atoms. The van der Waals surface area contributed by atoms with E-state index in [0.717, 1.165) is 10.8 Å². The Balaban J connectivity index is 1.81. The quantitative estimate of drug-likeness (QED) is 0.820. The number of fused-ring (bicyclic) bond motifs is 1. The van der Waals surface area contributed by atoms with Crippen LogP contribution < -0.4 is 10.1 Å². The lowest BCUT2D eigenvalue weighted by atomic mass is 9.85. The molecule has 140 valence electrons. The zero-order valence-corrected chi connectivity index (χ0v) is 14.6. The topological polar surface area (TPSA) is 38.3 Å². The molecule has 0 bridgehead atoms. The largest absolute Gasteiger partial charge is 0.493 e. The van der Waals surface area contributed by atoms with E-state index >= 15 is 0 Å². The summed E-state index contributed by atoms with van der Waals surface area (Å²) in [5.41, 5.74) is 0.361. The first kappa shape index (κ1) is 18.5. The van der Waals surface area contributed by atoms with Gasteiger partial charge < -0.3 is 10.1 Å². The van der Waals surface area contributed by atoms with Crippen molar-refractivity contribution in [3.63, 3.8) is 0 Å². The van der Waals surface area contributed by atoms with Gasteiger partial charge in [-0.3, -0.25) is 4.79 Å². The third-order valence-corrected chi connectivity index (χ3v) is 4.86. The van der Waals surface area contributed by atoms with Gasteiger partial charge in [-0.25, -0.2) is 0 Å². The van der Waals surface area contributed by atoms with Gasteiger partial charge in [-0.15, -0.1) is 0 Å². The molecule has 6 heteroatoms. The minimum atomic E-state index is -4.21. The van der Waals surface area contributed by atoms with Crippen molar-refractivity contribution < 1.29 is 22.7 Å². The van der Waals surface area contributed by atoms with Crippen molar-refractivity contribution in [1.82, 2.24) is 5.32 Å². The number of alkyl halides is 3. The molecule has 0 saturated heterocycles. The van der Waals surface area contributed by atoms with Crippen molar-refractivity contribution in [3.8, 4) is 5.75 Å². The number of amides is 1. The summed E-state index contributed by atoms with van der Waals surface area (Å²) in [5.74, 6) is -1.27. The van der Waals surface area contributed by atoms with E-state index < -0.39 is 18.1 Å². The Morgan fingerprint density at radius 3 is 2.54 bits per heavy atom. The molecule has 1 N–H and O–H groups in total. The lowest BCUT2D eigenvalue weighted by Crippen LogP contribution is -2.41. The van der Waals surface area contributed by atoms with Gasteiger partial charge in [0.1, 0.15) is 5.75 Å². The third-order valence-electron chi connectivity index (χ3n) is 4.86. The summed E-state index contributed by atoms with van der Waals surface area (Å²) in [4.78, 5) is 12.7. The number of carbonyl (C=O) groups excluding carboxylic acids is 1. The maximum atomic E-state index is 13.0. The highest BCUT2D eigenvalue weighted by Crippen LogP contribution is 2.37. The second-order valence-electron chi connectivity index (χ2n) is 6.70. The molecule has 2 aromatic carbocycles. The van der Waals surface area contributed by atoms with Crippen LogP contribution >= 0.6 is 0 Å². The average molecular weight is 365 g/mol. The van der Waals surface area contributed by atoms with Crippen LogP contribution in [0.15, 0.2) is 36.4 Å². The van der Waals surface area contributed by atoms with Gasteiger partial charge >= 0.3 is 6.18 Å². The molecule has 0 radical (unpaired) electrons. The Morgan fingerprint density at radius 1 is 1.19 bits per heavy atom. The van der Waals surface area contributed by atoms with E-state index in [4.69, 9.17) is 4.74 Å². The molecule has 2 aromatic rings. The van der Waals surface area contributed by atoms with Crippen LogP contribution in [0.1, 0.15) is 43.0 Å². The third kappa shape index (κ3) is 4.11. The molecule has 3 rings (SSSR count). The van der Waals surface area contributed by atoms with Gasteiger partial charge in [0.05, 0.1) is 18.1 Å². The highest BCUT2D eigenvalue weighted by molar-refractivity contribution is 6.01. The summed E-state index contributed by atoms with van der Waals surface area (Å²) < 4.78 is 44.5. The van der Waals surface area contributed by atoms with E-state index in [9.17, 15) is 18.0 Å². The molecule has 2 unspecified atom stereocenters. The normalized spacial score (nSPS) is 20.8. The molecule has 3 nitrogen and oxygen atoms in total. The molecule has 2 atom stereocenters. The average Bonchev–Trinajstić information content (AvgIpc) is 2.61. The number of ether oxygens (including phenoxy) is 1. The van der Waals surface area contributed by atoms with Crippen LogP contribution in [-0.4, -0.2) is 24.7 Å². The zero-order chi connectivity index (χ0) is 18.7. The van der Waals surface area contributed by atoms with E-state index in [-0.39, 0.29) is 18.7 Å². The number of hydrogen-bond acceptors (Lipinski definition) is 2. The van der Waals surface area contributed by atoms with Crippen molar-refractivity contribution >= 4 is 16.7 Å². The maximum Gasteiger partial charge on any atom is 0.391 e. The molecule has 26 heavy (non-hydrogen) atoms. The fourth-order valence-electron chi connectivity index (χ4n) is 3.55. The molecular formula is C20H22F3NO2. The molecular weight excluding hydrogens is 343 g/mol. The first-order chi connectivity index (χ1) is 12.4. The Labute approximate surface area is 150 Å². The lowest BCUT2D eigenvalue weighted by Gasteiger charge is -2.31. The van der Waals surface area contributed by atoms with Gasteiger partial charge in [0.2, 0.25) is 0 Å². The van der Waals surface area contributed by atoms with Crippen LogP contribution in [0.3, 0.4) is 0 Å². The molecule has 1 aliphatic carbocycles. The molecule has 0 aliphatic heterocycles. The molecule has 0 heterocycles. The summed E-state index contributed by atoms with van der Waals surface area (Å²) in [5, 5.41) is 4.62. The Hall–Kier alpha value is -2.24. The summed E-state index contributed by atoms with van der Waals surface area (Å²) in [6, 6.07) is 10.7. The predicted molar refractivity (Wildman–Crippen MR) is 94.4 cm³/mol. The van der Waals surface area contributed by atoms with E-state index in [1.807, 2.05) is 31.2 Å². The van der Waals surface area contributed by atoms with Crippen molar-refractivity contribution in [3.05, 3.63) is 42.0 Å². The van der Waals surface area contributed by atoms with Gasteiger partial charge in [0.15, 0.2) is 0 Å². The van der Waals surface area contributed by atoms with E-state index in [0.29, 0.717) is 30.8 Å². The minimum Gasteiger partial charge on any atom is -0.493 e. The zero-order valence-electron chi connectivity index (χ0n) is 14.6. The summed E-state index contributed by atoms with van der Waals surface area (Å²) >= 11 is 0.